The summed E-state index contributed by atoms with van der Waals surface area (Å²) in [5, 5.41) is 2.86. The SMILES string of the molecule is CSc1cccc(NC(=O)c2ccc(N3CCCCS3(=O)=O)cc2)c1. The van der Waals surface area contributed by atoms with E-state index in [1.807, 2.05) is 30.5 Å². The number of carbonyl (C=O) groups is 1. The van der Waals surface area contributed by atoms with E-state index in [4.69, 9.17) is 0 Å². The summed E-state index contributed by atoms with van der Waals surface area (Å²) < 4.78 is 25.7. The Hall–Kier alpha value is -1.99. The van der Waals surface area contributed by atoms with Crippen molar-refractivity contribution in [1.82, 2.24) is 0 Å². The summed E-state index contributed by atoms with van der Waals surface area (Å²) in [6.07, 6.45) is 3.54. The number of rotatable bonds is 4. The van der Waals surface area contributed by atoms with Gasteiger partial charge in [0.15, 0.2) is 0 Å². The number of hydrogen-bond donors (Lipinski definition) is 1. The molecule has 1 amide bonds. The van der Waals surface area contributed by atoms with E-state index in [9.17, 15) is 13.2 Å². The van der Waals surface area contributed by atoms with Gasteiger partial charge in [-0.1, -0.05) is 6.07 Å². The van der Waals surface area contributed by atoms with Crippen molar-refractivity contribution in [2.24, 2.45) is 0 Å². The van der Waals surface area contributed by atoms with Crippen LogP contribution < -0.4 is 9.62 Å². The van der Waals surface area contributed by atoms with Gasteiger partial charge in [0, 0.05) is 22.7 Å². The van der Waals surface area contributed by atoms with E-state index in [1.165, 1.54) is 4.31 Å². The number of thioether (sulfide) groups is 1. The van der Waals surface area contributed by atoms with Crippen LogP contribution in [0.3, 0.4) is 0 Å². The van der Waals surface area contributed by atoms with Gasteiger partial charge >= 0.3 is 0 Å². The Morgan fingerprint density at radius 2 is 1.88 bits per heavy atom. The van der Waals surface area contributed by atoms with Crippen molar-refractivity contribution in [1.29, 1.82) is 0 Å². The Labute approximate surface area is 152 Å². The molecular formula is C18H20N2O3S2. The number of benzene rings is 2. The lowest BCUT2D eigenvalue weighted by atomic mass is 10.2. The summed E-state index contributed by atoms with van der Waals surface area (Å²) in [6, 6.07) is 14.3. The molecular weight excluding hydrogens is 356 g/mol. The summed E-state index contributed by atoms with van der Waals surface area (Å²) in [5.41, 5.74) is 1.84. The van der Waals surface area contributed by atoms with Crippen LogP contribution in [-0.4, -0.2) is 32.9 Å². The second-order valence-electron chi connectivity index (χ2n) is 5.83. The van der Waals surface area contributed by atoms with Gasteiger partial charge < -0.3 is 5.32 Å². The van der Waals surface area contributed by atoms with Gasteiger partial charge in [0.2, 0.25) is 10.0 Å². The number of amides is 1. The fraction of sp³-hybridized carbons (Fsp3) is 0.278. The highest BCUT2D eigenvalue weighted by Crippen LogP contribution is 2.24. The minimum absolute atomic E-state index is 0.182. The normalized spacial score (nSPS) is 16.4. The van der Waals surface area contributed by atoms with E-state index < -0.39 is 10.0 Å². The van der Waals surface area contributed by atoms with Crippen molar-refractivity contribution < 1.29 is 13.2 Å². The van der Waals surface area contributed by atoms with Crippen LogP contribution in [0.2, 0.25) is 0 Å². The van der Waals surface area contributed by atoms with Crippen molar-refractivity contribution in [3.8, 4) is 0 Å². The topological polar surface area (TPSA) is 66.5 Å². The van der Waals surface area contributed by atoms with Gasteiger partial charge in [0.1, 0.15) is 0 Å². The van der Waals surface area contributed by atoms with E-state index in [1.54, 1.807) is 36.0 Å². The van der Waals surface area contributed by atoms with Gasteiger partial charge in [0.25, 0.3) is 5.91 Å². The summed E-state index contributed by atoms with van der Waals surface area (Å²) >= 11 is 1.61. The lowest BCUT2D eigenvalue weighted by molar-refractivity contribution is 0.102. The number of anilines is 2. The Morgan fingerprint density at radius 1 is 1.12 bits per heavy atom. The standard InChI is InChI=1S/C18H20N2O3S2/c1-24-17-6-4-5-15(13-17)19-18(21)14-7-9-16(10-8-14)20-11-2-3-12-25(20,22)23/h4-10,13H,2-3,11-12H2,1H3,(H,19,21). The molecule has 0 saturated carbocycles. The van der Waals surface area contributed by atoms with Crippen LogP contribution in [-0.2, 0) is 10.0 Å². The molecule has 1 saturated heterocycles. The second kappa shape index (κ2) is 7.49. The van der Waals surface area contributed by atoms with E-state index in [0.29, 0.717) is 24.2 Å². The molecule has 1 fully saturated rings. The molecule has 0 unspecified atom stereocenters. The molecule has 0 aromatic heterocycles. The average molecular weight is 377 g/mol. The Bertz CT molecular complexity index is 864. The Morgan fingerprint density at radius 3 is 2.56 bits per heavy atom. The fourth-order valence-electron chi connectivity index (χ4n) is 2.76. The van der Waals surface area contributed by atoms with Crippen molar-refractivity contribution in [3.05, 3.63) is 54.1 Å². The monoisotopic (exact) mass is 376 g/mol. The summed E-state index contributed by atoms with van der Waals surface area (Å²) in [7, 11) is -3.24. The van der Waals surface area contributed by atoms with Crippen LogP contribution in [0.15, 0.2) is 53.4 Å². The highest BCUT2D eigenvalue weighted by atomic mass is 32.2. The first kappa shape index (κ1) is 17.8. The highest BCUT2D eigenvalue weighted by molar-refractivity contribution is 7.98. The van der Waals surface area contributed by atoms with Crippen LogP contribution in [0.5, 0.6) is 0 Å². The Kier molecular flexibility index (Phi) is 5.34. The zero-order chi connectivity index (χ0) is 17.9. The van der Waals surface area contributed by atoms with Crippen LogP contribution in [0.4, 0.5) is 11.4 Å². The van der Waals surface area contributed by atoms with Gasteiger partial charge in [-0.2, -0.15) is 0 Å². The smallest absolute Gasteiger partial charge is 0.255 e. The molecule has 2 aromatic carbocycles. The molecule has 0 spiro atoms. The van der Waals surface area contributed by atoms with Crippen molar-refractivity contribution >= 4 is 39.1 Å². The summed E-state index contributed by atoms with van der Waals surface area (Å²) in [6.45, 7) is 0.495. The third kappa shape index (κ3) is 4.16. The molecule has 0 aliphatic carbocycles. The first-order valence-electron chi connectivity index (χ1n) is 8.05. The maximum absolute atomic E-state index is 12.4. The zero-order valence-corrected chi connectivity index (χ0v) is 15.6. The number of carbonyl (C=O) groups excluding carboxylic acids is 1. The van der Waals surface area contributed by atoms with E-state index >= 15 is 0 Å². The second-order valence-corrected chi connectivity index (χ2v) is 8.72. The molecule has 7 heteroatoms. The van der Waals surface area contributed by atoms with Crippen LogP contribution in [0.25, 0.3) is 0 Å². The third-order valence-corrected chi connectivity index (χ3v) is 6.69. The molecule has 0 radical (unpaired) electrons. The first-order chi connectivity index (χ1) is 12.0. The van der Waals surface area contributed by atoms with E-state index in [-0.39, 0.29) is 11.7 Å². The maximum atomic E-state index is 12.4. The van der Waals surface area contributed by atoms with Crippen LogP contribution in [0.1, 0.15) is 23.2 Å². The molecule has 2 aromatic rings. The molecule has 1 N–H and O–H groups in total. The largest absolute Gasteiger partial charge is 0.322 e. The number of sulfonamides is 1. The molecule has 0 atom stereocenters. The van der Waals surface area contributed by atoms with Gasteiger partial charge in [-0.15, -0.1) is 11.8 Å². The van der Waals surface area contributed by atoms with E-state index in [0.717, 1.165) is 17.0 Å². The highest BCUT2D eigenvalue weighted by Gasteiger charge is 2.25. The number of nitrogens with one attached hydrogen (secondary N) is 1. The quantitative estimate of drug-likeness (QED) is 0.828. The minimum Gasteiger partial charge on any atom is -0.322 e. The lowest BCUT2D eigenvalue weighted by Crippen LogP contribution is -2.37. The minimum atomic E-state index is -3.24. The summed E-state index contributed by atoms with van der Waals surface area (Å²) in [4.78, 5) is 13.5. The van der Waals surface area contributed by atoms with Gasteiger partial charge in [0.05, 0.1) is 11.4 Å². The molecule has 1 aliphatic heterocycles. The first-order valence-corrected chi connectivity index (χ1v) is 10.9. The molecule has 132 valence electrons. The van der Waals surface area contributed by atoms with Gasteiger partial charge in [-0.05, 0) is 61.6 Å². The maximum Gasteiger partial charge on any atom is 0.255 e. The van der Waals surface area contributed by atoms with Gasteiger partial charge in [-0.25, -0.2) is 8.42 Å². The zero-order valence-electron chi connectivity index (χ0n) is 13.9. The number of nitrogens with zero attached hydrogens (tertiary/aromatic N) is 1. The van der Waals surface area contributed by atoms with Gasteiger partial charge in [-0.3, -0.25) is 9.10 Å². The van der Waals surface area contributed by atoms with Crippen LogP contribution >= 0.6 is 11.8 Å². The van der Waals surface area contributed by atoms with Crippen LogP contribution in [0, 0.1) is 0 Å². The molecule has 3 rings (SSSR count). The predicted molar refractivity (Wildman–Crippen MR) is 103 cm³/mol. The molecule has 0 bridgehead atoms. The molecule has 1 aliphatic rings. The van der Waals surface area contributed by atoms with E-state index in [2.05, 4.69) is 5.32 Å². The molecule has 5 nitrogen and oxygen atoms in total. The third-order valence-electron chi connectivity index (χ3n) is 4.09. The molecule has 1 heterocycles. The average Bonchev–Trinajstić information content (AvgIpc) is 2.61. The fourth-order valence-corrected chi connectivity index (χ4v) is 4.86. The number of hydrogen-bond acceptors (Lipinski definition) is 4. The van der Waals surface area contributed by atoms with Crippen molar-refractivity contribution in [3.63, 3.8) is 0 Å². The lowest BCUT2D eigenvalue weighted by Gasteiger charge is -2.28. The summed E-state index contributed by atoms with van der Waals surface area (Å²) in [5.74, 6) is -0.0348. The Balaban J connectivity index is 1.74. The van der Waals surface area contributed by atoms with Crippen molar-refractivity contribution in [2.45, 2.75) is 17.7 Å². The van der Waals surface area contributed by atoms with Crippen molar-refractivity contribution in [2.75, 3.05) is 28.2 Å². The molecule has 25 heavy (non-hydrogen) atoms. The predicted octanol–water partition coefficient (Wildman–Crippen LogP) is 3.59.